The molecule has 13 heteroatoms. The van der Waals surface area contributed by atoms with E-state index in [1.807, 2.05) is 0 Å². The molecule has 0 spiro atoms. The van der Waals surface area contributed by atoms with Gasteiger partial charge in [-0.1, -0.05) is 91.5 Å². The second kappa shape index (κ2) is 18.9. The van der Waals surface area contributed by atoms with Gasteiger partial charge in [0.15, 0.2) is 25.0 Å². The van der Waals surface area contributed by atoms with Gasteiger partial charge in [-0.25, -0.2) is 0 Å². The summed E-state index contributed by atoms with van der Waals surface area (Å²) in [6.45, 7) is 54.6. The van der Waals surface area contributed by atoms with E-state index >= 15 is 0 Å². The van der Waals surface area contributed by atoms with Crippen LogP contribution in [0.25, 0.3) is 0 Å². The minimum atomic E-state index is -2.90. The molecule has 5 unspecified atom stereocenters. The molecule has 0 N–H and O–H groups in total. The van der Waals surface area contributed by atoms with Crippen molar-refractivity contribution >= 4 is 50.1 Å². The lowest BCUT2D eigenvalue weighted by Crippen LogP contribution is -2.69. The van der Waals surface area contributed by atoms with Gasteiger partial charge in [-0.05, 0) is 131 Å². The second-order valence-electron chi connectivity index (χ2n) is 22.5. The Labute approximate surface area is 360 Å². The topological polar surface area (TPSA) is 64.6 Å². The molecule has 1 rings (SSSR count). The average molecular weight is 904 g/mol. The first-order valence-corrected chi connectivity index (χ1v) is 38.8. The van der Waals surface area contributed by atoms with Crippen molar-refractivity contribution in [1.82, 2.24) is 0 Å². The van der Waals surface area contributed by atoms with Crippen LogP contribution in [0.2, 0.25) is 93.7 Å². The highest BCUT2D eigenvalue weighted by Crippen LogP contribution is 2.62. The van der Waals surface area contributed by atoms with Crippen LogP contribution in [-0.4, -0.2) is 93.1 Å². The van der Waals surface area contributed by atoms with Gasteiger partial charge >= 0.3 is 8.80 Å². The van der Waals surface area contributed by atoms with Crippen LogP contribution in [0.3, 0.4) is 0 Å². The Hall–Kier alpha value is 0.241. The number of hydrogen-bond acceptors (Lipinski definition) is 7. The van der Waals surface area contributed by atoms with Gasteiger partial charge in [0.1, 0.15) is 0 Å². The van der Waals surface area contributed by atoms with E-state index in [9.17, 15) is 0 Å². The van der Waals surface area contributed by atoms with Crippen LogP contribution in [0.5, 0.6) is 0 Å². The van der Waals surface area contributed by atoms with Gasteiger partial charge in [-0.2, -0.15) is 0 Å². The van der Waals surface area contributed by atoms with Crippen LogP contribution in [-0.2, 0) is 31.0 Å². The monoisotopic (exact) mass is 903 g/mol. The molecule has 0 radical (unpaired) electrons. The molecule has 0 aromatic heterocycles. The number of hydrogen-bond donors (Lipinski definition) is 0. The van der Waals surface area contributed by atoms with E-state index in [0.29, 0.717) is 12.0 Å². The fraction of sp³-hybridized carbons (Fsp3) is 0.864. The highest BCUT2D eigenvalue weighted by Gasteiger charge is 2.65. The van der Waals surface area contributed by atoms with E-state index < -0.39 is 61.3 Å². The zero-order chi connectivity index (χ0) is 45.2. The lowest BCUT2D eigenvalue weighted by Gasteiger charge is -2.62. The summed E-state index contributed by atoms with van der Waals surface area (Å²) in [5, 5.41) is -1.25. The van der Waals surface area contributed by atoms with Crippen molar-refractivity contribution in [1.29, 1.82) is 0 Å². The second-order valence-corrected chi connectivity index (χ2v) is 48.7. The Morgan fingerprint density at radius 1 is 0.561 bits per heavy atom. The fourth-order valence-corrected chi connectivity index (χ4v) is 29.5. The third kappa shape index (κ3) is 12.0. The van der Waals surface area contributed by atoms with E-state index in [2.05, 4.69) is 186 Å². The summed E-state index contributed by atoms with van der Waals surface area (Å²) in [6, 6.07) is 13.5. The molecule has 0 amide bonds. The first-order chi connectivity index (χ1) is 25.3. The molecule has 7 nitrogen and oxygen atoms in total. The summed E-state index contributed by atoms with van der Waals surface area (Å²) >= 11 is 0. The van der Waals surface area contributed by atoms with Crippen molar-refractivity contribution < 1.29 is 31.0 Å². The van der Waals surface area contributed by atoms with E-state index in [1.165, 1.54) is 5.56 Å². The van der Waals surface area contributed by atoms with E-state index in [0.717, 1.165) is 24.9 Å². The third-order valence-electron chi connectivity index (χ3n) is 15.7. The first-order valence-electron chi connectivity index (χ1n) is 21.8. The Morgan fingerprint density at radius 2 is 1.04 bits per heavy atom. The molecule has 1 aromatic carbocycles. The molecule has 0 saturated heterocycles. The summed E-state index contributed by atoms with van der Waals surface area (Å²) in [5.41, 5.74) is 0.317. The Bertz CT molecular complexity index is 1400. The van der Waals surface area contributed by atoms with E-state index in [1.54, 1.807) is 21.3 Å². The zero-order valence-electron chi connectivity index (χ0n) is 42.4. The lowest BCUT2D eigenvalue weighted by atomic mass is 9.88. The Balaban J connectivity index is 4.22. The van der Waals surface area contributed by atoms with Gasteiger partial charge in [0.05, 0.1) is 24.5 Å². The maximum atomic E-state index is 8.35. The van der Waals surface area contributed by atoms with Crippen molar-refractivity contribution in [3.05, 3.63) is 35.9 Å². The van der Waals surface area contributed by atoms with Gasteiger partial charge in [0.2, 0.25) is 8.32 Å². The van der Waals surface area contributed by atoms with Crippen LogP contribution in [0, 0.1) is 0 Å². The zero-order valence-corrected chi connectivity index (χ0v) is 48.4. The minimum Gasteiger partial charge on any atom is -0.414 e. The molecular formula is C44H94O7Si6. The molecule has 0 aliphatic rings. The highest BCUT2D eigenvalue weighted by molar-refractivity contribution is 6.83. The van der Waals surface area contributed by atoms with Crippen LogP contribution in [0.15, 0.2) is 30.3 Å². The van der Waals surface area contributed by atoms with Crippen molar-refractivity contribution in [3.8, 4) is 0 Å². The SMILES string of the molecule is CCC(C)(O[Si](C)(CC(C)c1ccccc1)C(C)(CC)C(C)(C)O[Si](C)(C)C(C)(C)O[Si](C)(C)C)C(C)(C)[Si](C)(CC[Si](OC)(OC)OC)OC(C)(C)[Si](C)(C)C. The maximum Gasteiger partial charge on any atom is 0.499 e. The molecule has 0 bridgehead atoms. The molecule has 0 saturated carbocycles. The largest absolute Gasteiger partial charge is 0.499 e. The van der Waals surface area contributed by atoms with Gasteiger partial charge in [-0.15, -0.1) is 0 Å². The summed E-state index contributed by atoms with van der Waals surface area (Å²) in [5.74, 6) is 0.299. The van der Waals surface area contributed by atoms with Crippen LogP contribution < -0.4 is 0 Å². The predicted molar refractivity (Wildman–Crippen MR) is 261 cm³/mol. The predicted octanol–water partition coefficient (Wildman–Crippen LogP) is 13.8. The van der Waals surface area contributed by atoms with E-state index in [-0.39, 0.29) is 20.5 Å². The fourth-order valence-electron chi connectivity index (χ4n) is 8.91. The molecule has 0 aliphatic heterocycles. The van der Waals surface area contributed by atoms with Crippen LogP contribution in [0.4, 0.5) is 0 Å². The van der Waals surface area contributed by atoms with Crippen molar-refractivity contribution in [2.24, 2.45) is 0 Å². The van der Waals surface area contributed by atoms with Crippen LogP contribution in [0.1, 0.15) is 114 Å². The van der Waals surface area contributed by atoms with Crippen molar-refractivity contribution in [2.75, 3.05) is 21.3 Å². The quantitative estimate of drug-likeness (QED) is 0.0906. The smallest absolute Gasteiger partial charge is 0.414 e. The van der Waals surface area contributed by atoms with Crippen molar-refractivity contribution in [2.45, 2.75) is 224 Å². The molecular weight excluding hydrogens is 809 g/mol. The normalized spacial score (nSPS) is 19.3. The van der Waals surface area contributed by atoms with Crippen molar-refractivity contribution in [3.63, 3.8) is 0 Å². The minimum absolute atomic E-state index is 0.269. The Morgan fingerprint density at radius 3 is 1.42 bits per heavy atom. The van der Waals surface area contributed by atoms with E-state index in [4.69, 9.17) is 31.0 Å². The first kappa shape index (κ1) is 55.3. The molecule has 1 aromatic rings. The average Bonchev–Trinajstić information content (AvgIpc) is 3.06. The highest BCUT2D eigenvalue weighted by atomic mass is 28.4. The van der Waals surface area contributed by atoms with Gasteiger partial charge < -0.3 is 31.0 Å². The molecule has 57 heavy (non-hydrogen) atoms. The Kier molecular flexibility index (Phi) is 18.3. The summed E-state index contributed by atoms with van der Waals surface area (Å²) < 4.78 is 48.8. The molecule has 336 valence electrons. The summed E-state index contributed by atoms with van der Waals surface area (Å²) in [4.78, 5) is 0. The third-order valence-corrected chi connectivity index (χ3v) is 39.1. The number of rotatable bonds is 25. The summed E-state index contributed by atoms with van der Waals surface area (Å²) in [7, 11) is -9.43. The summed E-state index contributed by atoms with van der Waals surface area (Å²) in [6.07, 6.45) is 1.78. The van der Waals surface area contributed by atoms with Gasteiger partial charge in [0.25, 0.3) is 0 Å². The molecule has 5 atom stereocenters. The molecule has 0 aliphatic carbocycles. The molecule has 0 heterocycles. The standard InChI is InChI=1S/C44H94O7Si6/c1-27-43(12,40(6,7)55(25,50-41(8,9)52(17,18)19)34-35-57(45-14,46-15)47-16)51-56(26,36-37(3)38-32-30-29-31-33-38)44(13,28-2)39(4,5)48-54(23,24)42(10,11)49-53(20,21)22/h29-33,37H,27-28,34-36H2,1-26H3. The number of benzene rings is 1. The maximum absolute atomic E-state index is 8.35. The molecule has 0 fully saturated rings. The lowest BCUT2D eigenvalue weighted by molar-refractivity contribution is -0.0201. The van der Waals surface area contributed by atoms with Gasteiger partial charge in [0, 0.05) is 42.7 Å². The van der Waals surface area contributed by atoms with Crippen LogP contribution >= 0.6 is 0 Å². The van der Waals surface area contributed by atoms with Gasteiger partial charge in [-0.3, -0.25) is 0 Å².